The Balaban J connectivity index is 1.95. The number of nitrogens with two attached hydrogens (primary N) is 1. The first-order valence-corrected chi connectivity index (χ1v) is 8.32. The highest BCUT2D eigenvalue weighted by Gasteiger charge is 2.35. The van der Waals surface area contributed by atoms with Crippen LogP contribution in [-0.4, -0.2) is 9.97 Å². The molecule has 1 atom stereocenters. The topological polar surface area (TPSA) is 61.0 Å². The van der Waals surface area contributed by atoms with Crippen LogP contribution in [0.2, 0.25) is 5.02 Å². The number of aromatic nitrogens is 2. The normalized spacial score (nSPS) is 12.6. The van der Waals surface area contributed by atoms with Gasteiger partial charge >= 0.3 is 6.18 Å². The largest absolute Gasteiger partial charge is 0.482 e. The maximum absolute atomic E-state index is 13.3. The molecule has 0 fully saturated rings. The van der Waals surface area contributed by atoms with Gasteiger partial charge in [-0.15, -0.1) is 0 Å². The second kappa shape index (κ2) is 7.44. The molecule has 0 bridgehead atoms. The van der Waals surface area contributed by atoms with Crippen LogP contribution in [0.5, 0.6) is 5.75 Å². The molecule has 0 amide bonds. The van der Waals surface area contributed by atoms with Crippen molar-refractivity contribution in [2.45, 2.75) is 19.2 Å². The number of rotatable bonds is 4. The van der Waals surface area contributed by atoms with Crippen molar-refractivity contribution in [3.8, 4) is 16.9 Å². The second-order valence-corrected chi connectivity index (χ2v) is 6.27. The Morgan fingerprint density at radius 3 is 2.56 bits per heavy atom. The molecule has 0 spiro atoms. The summed E-state index contributed by atoms with van der Waals surface area (Å²) in [6.45, 7) is 1.50. The lowest BCUT2D eigenvalue weighted by atomic mass is 10.0. The predicted octanol–water partition coefficient (Wildman–Crippen LogP) is 5.54. The van der Waals surface area contributed by atoms with Crippen molar-refractivity contribution in [1.82, 2.24) is 9.97 Å². The number of nitrogen functional groups attached to an aromatic ring is 1. The van der Waals surface area contributed by atoms with Crippen molar-refractivity contribution in [3.63, 3.8) is 0 Å². The monoisotopic (exact) mass is 393 g/mol. The molecule has 3 rings (SSSR count). The fourth-order valence-corrected chi connectivity index (χ4v) is 2.80. The van der Waals surface area contributed by atoms with Gasteiger partial charge in [-0.3, -0.25) is 4.98 Å². The number of alkyl halides is 3. The first-order valence-electron chi connectivity index (χ1n) is 7.95. The van der Waals surface area contributed by atoms with E-state index >= 15 is 0 Å². The molecule has 140 valence electrons. The fourth-order valence-electron chi connectivity index (χ4n) is 2.62. The van der Waals surface area contributed by atoms with Crippen molar-refractivity contribution < 1.29 is 17.9 Å². The lowest BCUT2D eigenvalue weighted by Gasteiger charge is -2.21. The summed E-state index contributed by atoms with van der Waals surface area (Å²) < 4.78 is 45.6. The average molecular weight is 394 g/mol. The number of hydrogen-bond donors (Lipinski definition) is 1. The molecule has 0 aliphatic carbocycles. The van der Waals surface area contributed by atoms with Gasteiger partial charge in [-0.2, -0.15) is 13.2 Å². The third kappa shape index (κ3) is 4.31. The molecule has 27 heavy (non-hydrogen) atoms. The molecule has 2 aromatic heterocycles. The first kappa shape index (κ1) is 19.0. The lowest BCUT2D eigenvalue weighted by Crippen LogP contribution is -2.14. The van der Waals surface area contributed by atoms with Crippen LogP contribution in [0.4, 0.5) is 19.0 Å². The van der Waals surface area contributed by atoms with Crippen LogP contribution >= 0.6 is 11.6 Å². The van der Waals surface area contributed by atoms with Gasteiger partial charge in [0.25, 0.3) is 0 Å². The zero-order chi connectivity index (χ0) is 19.6. The molecular formula is C19H15ClF3N3O. The standard InChI is InChI=1S/C19H15ClF3N3O/c1-11(15-8-14(20)4-5-16(15)19(21,22)23)27-17-7-13(10-26-18(17)24)12-3-2-6-25-9-12/h2-11H,1H3,(H2,24,26)/t11-/m0/s1. The summed E-state index contributed by atoms with van der Waals surface area (Å²) in [6, 6.07) is 8.57. The third-order valence-corrected chi connectivity index (χ3v) is 4.17. The Kier molecular flexibility index (Phi) is 5.23. The number of halogens is 4. The molecule has 0 aliphatic rings. The summed E-state index contributed by atoms with van der Waals surface area (Å²) >= 11 is 5.88. The van der Waals surface area contributed by atoms with Gasteiger partial charge in [0.2, 0.25) is 0 Å². The molecule has 0 unspecified atom stereocenters. The number of pyridine rings is 2. The molecule has 4 nitrogen and oxygen atoms in total. The summed E-state index contributed by atoms with van der Waals surface area (Å²) in [5.41, 5.74) is 6.42. The van der Waals surface area contributed by atoms with E-state index in [1.54, 1.807) is 30.7 Å². The second-order valence-electron chi connectivity index (χ2n) is 5.84. The summed E-state index contributed by atoms with van der Waals surface area (Å²) in [6.07, 6.45) is -0.665. The van der Waals surface area contributed by atoms with Gasteiger partial charge in [0, 0.05) is 40.3 Å². The minimum absolute atomic E-state index is 0.0741. The van der Waals surface area contributed by atoms with E-state index in [4.69, 9.17) is 22.1 Å². The quantitative estimate of drug-likeness (QED) is 0.632. The number of ether oxygens (including phenoxy) is 1. The van der Waals surface area contributed by atoms with Gasteiger partial charge in [0.1, 0.15) is 6.10 Å². The minimum Gasteiger partial charge on any atom is -0.482 e. The van der Waals surface area contributed by atoms with Gasteiger partial charge < -0.3 is 10.5 Å². The highest BCUT2D eigenvalue weighted by Crippen LogP contribution is 2.38. The first-order chi connectivity index (χ1) is 12.8. The van der Waals surface area contributed by atoms with Gasteiger partial charge in [0.05, 0.1) is 5.56 Å². The van der Waals surface area contributed by atoms with E-state index in [2.05, 4.69) is 9.97 Å². The maximum Gasteiger partial charge on any atom is 0.416 e. The van der Waals surface area contributed by atoms with E-state index in [0.29, 0.717) is 5.56 Å². The molecule has 3 aromatic rings. The minimum atomic E-state index is -4.53. The van der Waals surface area contributed by atoms with Gasteiger partial charge in [-0.25, -0.2) is 4.98 Å². The summed E-state index contributed by atoms with van der Waals surface area (Å²) in [7, 11) is 0. The van der Waals surface area contributed by atoms with Crippen molar-refractivity contribution in [2.24, 2.45) is 0 Å². The van der Waals surface area contributed by atoms with Crippen molar-refractivity contribution in [3.05, 3.63) is 71.1 Å². The SMILES string of the molecule is C[C@H](Oc1cc(-c2cccnc2)cnc1N)c1cc(Cl)ccc1C(F)(F)F. The number of benzene rings is 1. The van der Waals surface area contributed by atoms with Crippen molar-refractivity contribution >= 4 is 17.4 Å². The number of nitrogens with zero attached hydrogens (tertiary/aromatic N) is 2. The summed E-state index contributed by atoms with van der Waals surface area (Å²) in [4.78, 5) is 8.10. The van der Waals surface area contributed by atoms with Crippen LogP contribution in [0.3, 0.4) is 0 Å². The summed E-state index contributed by atoms with van der Waals surface area (Å²) in [5, 5.41) is 0.184. The zero-order valence-electron chi connectivity index (χ0n) is 14.2. The number of hydrogen-bond acceptors (Lipinski definition) is 4. The van der Waals surface area contributed by atoms with E-state index in [1.165, 1.54) is 19.1 Å². The lowest BCUT2D eigenvalue weighted by molar-refractivity contribution is -0.138. The predicted molar refractivity (Wildman–Crippen MR) is 97.4 cm³/mol. The molecule has 0 radical (unpaired) electrons. The Hall–Kier alpha value is -2.80. The van der Waals surface area contributed by atoms with Gasteiger partial charge in [0.15, 0.2) is 11.6 Å². The zero-order valence-corrected chi connectivity index (χ0v) is 14.9. The molecule has 0 saturated heterocycles. The molecule has 8 heteroatoms. The van der Waals surface area contributed by atoms with E-state index in [1.807, 2.05) is 6.07 Å². The maximum atomic E-state index is 13.3. The van der Waals surface area contributed by atoms with Crippen LogP contribution in [0.25, 0.3) is 11.1 Å². The van der Waals surface area contributed by atoms with E-state index in [-0.39, 0.29) is 22.2 Å². The van der Waals surface area contributed by atoms with Gasteiger partial charge in [-0.05, 0) is 37.3 Å². The van der Waals surface area contributed by atoms with Crippen molar-refractivity contribution in [2.75, 3.05) is 5.73 Å². The highest BCUT2D eigenvalue weighted by molar-refractivity contribution is 6.30. The molecule has 2 heterocycles. The fraction of sp³-hybridized carbons (Fsp3) is 0.158. The Bertz CT molecular complexity index is 949. The summed E-state index contributed by atoms with van der Waals surface area (Å²) in [5.74, 6) is 0.252. The van der Waals surface area contributed by atoms with Crippen molar-refractivity contribution in [1.29, 1.82) is 0 Å². The van der Waals surface area contributed by atoms with Crippen LogP contribution < -0.4 is 10.5 Å². The Labute approximate surface area is 158 Å². The van der Waals surface area contributed by atoms with Crippen LogP contribution in [0.1, 0.15) is 24.2 Å². The van der Waals surface area contributed by atoms with Crippen LogP contribution in [0, 0.1) is 0 Å². The van der Waals surface area contributed by atoms with Crippen LogP contribution in [-0.2, 0) is 6.18 Å². The van der Waals surface area contributed by atoms with E-state index < -0.39 is 17.8 Å². The smallest absolute Gasteiger partial charge is 0.416 e. The van der Waals surface area contributed by atoms with E-state index in [9.17, 15) is 13.2 Å². The molecule has 0 saturated carbocycles. The molecule has 0 aliphatic heterocycles. The molecular weight excluding hydrogens is 379 g/mol. The molecule has 1 aromatic carbocycles. The average Bonchev–Trinajstić information content (AvgIpc) is 2.63. The van der Waals surface area contributed by atoms with Gasteiger partial charge in [-0.1, -0.05) is 17.7 Å². The third-order valence-electron chi connectivity index (χ3n) is 3.94. The number of anilines is 1. The molecule has 2 N–H and O–H groups in total. The Morgan fingerprint density at radius 2 is 1.89 bits per heavy atom. The highest BCUT2D eigenvalue weighted by atomic mass is 35.5. The Morgan fingerprint density at radius 1 is 1.11 bits per heavy atom. The van der Waals surface area contributed by atoms with Crippen LogP contribution in [0.15, 0.2) is 55.0 Å². The van der Waals surface area contributed by atoms with E-state index in [0.717, 1.165) is 11.6 Å².